The molecule has 0 bridgehead atoms. The van der Waals surface area contributed by atoms with Gasteiger partial charge >= 0.3 is 5.97 Å². The molecule has 0 aliphatic carbocycles. The van der Waals surface area contributed by atoms with Crippen LogP contribution in [0.2, 0.25) is 0 Å². The van der Waals surface area contributed by atoms with Gasteiger partial charge in [0.15, 0.2) is 0 Å². The van der Waals surface area contributed by atoms with E-state index in [1.807, 2.05) is 6.92 Å². The van der Waals surface area contributed by atoms with Gasteiger partial charge in [0.2, 0.25) is 5.88 Å². The van der Waals surface area contributed by atoms with Crippen molar-refractivity contribution in [1.82, 2.24) is 4.98 Å². The normalized spacial score (nSPS) is 16.3. The van der Waals surface area contributed by atoms with Crippen molar-refractivity contribution in [3.63, 3.8) is 0 Å². The molecule has 0 aromatic carbocycles. The highest BCUT2D eigenvalue weighted by molar-refractivity contribution is 5.88. The molecule has 19 heavy (non-hydrogen) atoms. The third-order valence-electron chi connectivity index (χ3n) is 3.06. The molecule has 5 heteroatoms. The number of ether oxygens (including phenoxy) is 2. The molecule has 0 unspecified atom stereocenters. The van der Waals surface area contributed by atoms with Crippen LogP contribution in [0.4, 0.5) is 0 Å². The molecule has 0 saturated carbocycles. The summed E-state index contributed by atoms with van der Waals surface area (Å²) in [5.74, 6) is -0.535. The minimum absolute atomic E-state index is 0.0692. The lowest BCUT2D eigenvalue weighted by Gasteiger charge is -2.23. The Morgan fingerprint density at radius 2 is 2.21 bits per heavy atom. The largest absolute Gasteiger partial charge is 0.478 e. The second-order valence-electron chi connectivity index (χ2n) is 4.67. The van der Waals surface area contributed by atoms with Crippen LogP contribution in [0.5, 0.6) is 5.88 Å². The first kappa shape index (κ1) is 13.8. The van der Waals surface area contributed by atoms with Crippen LogP contribution in [-0.2, 0) is 11.2 Å². The number of carbonyl (C=O) groups is 1. The van der Waals surface area contributed by atoms with E-state index >= 15 is 0 Å². The maximum atomic E-state index is 11.1. The van der Waals surface area contributed by atoms with Gasteiger partial charge < -0.3 is 14.6 Å². The Labute approximate surface area is 112 Å². The second kappa shape index (κ2) is 6.52. The van der Waals surface area contributed by atoms with Crippen molar-refractivity contribution in [1.29, 1.82) is 0 Å². The number of pyridine rings is 1. The molecule has 1 aliphatic rings. The molecule has 0 spiro atoms. The Morgan fingerprint density at radius 1 is 1.47 bits per heavy atom. The Morgan fingerprint density at radius 3 is 2.84 bits per heavy atom. The van der Waals surface area contributed by atoms with Crippen molar-refractivity contribution >= 4 is 5.97 Å². The van der Waals surface area contributed by atoms with Gasteiger partial charge in [-0.2, -0.15) is 0 Å². The fourth-order valence-electron chi connectivity index (χ4n) is 2.09. The molecule has 1 aromatic rings. The summed E-state index contributed by atoms with van der Waals surface area (Å²) >= 11 is 0. The van der Waals surface area contributed by atoms with Crippen LogP contribution in [0.25, 0.3) is 0 Å². The Balaban J connectivity index is 2.15. The smallest absolute Gasteiger partial charge is 0.335 e. The number of rotatable bonds is 5. The molecular formula is C14H19NO4. The van der Waals surface area contributed by atoms with Crippen LogP contribution in [0, 0.1) is 0 Å². The van der Waals surface area contributed by atoms with Gasteiger partial charge in [-0.15, -0.1) is 0 Å². The zero-order valence-electron chi connectivity index (χ0n) is 11.1. The summed E-state index contributed by atoms with van der Waals surface area (Å²) in [5, 5.41) is 9.10. The number of nitrogens with zero attached hydrogens (tertiary/aromatic N) is 1. The van der Waals surface area contributed by atoms with E-state index in [0.29, 0.717) is 19.1 Å². The van der Waals surface area contributed by atoms with Crippen molar-refractivity contribution < 1.29 is 19.4 Å². The van der Waals surface area contributed by atoms with E-state index in [4.69, 9.17) is 14.6 Å². The zero-order valence-corrected chi connectivity index (χ0v) is 11.1. The summed E-state index contributed by atoms with van der Waals surface area (Å²) in [7, 11) is 0. The summed E-state index contributed by atoms with van der Waals surface area (Å²) in [6, 6.07) is 3.11. The van der Waals surface area contributed by atoms with Crippen LogP contribution in [0.1, 0.15) is 42.2 Å². The summed E-state index contributed by atoms with van der Waals surface area (Å²) < 4.78 is 11.0. The minimum atomic E-state index is -0.948. The average molecular weight is 265 g/mol. The highest BCUT2D eigenvalue weighted by Gasteiger charge is 2.17. The van der Waals surface area contributed by atoms with Crippen molar-refractivity contribution in [3.8, 4) is 5.88 Å². The molecule has 1 saturated heterocycles. The van der Waals surface area contributed by atoms with E-state index in [0.717, 1.165) is 31.4 Å². The highest BCUT2D eigenvalue weighted by Crippen LogP contribution is 2.19. The number of aryl methyl sites for hydroxylation is 1. The first-order valence-corrected chi connectivity index (χ1v) is 6.67. The standard InChI is InChI=1S/C14H19NO4/c1-2-3-11-8-10(14(16)17)9-13(15-11)19-12-4-6-18-7-5-12/h8-9,12H,2-7H2,1H3,(H,16,17). The third-order valence-corrected chi connectivity index (χ3v) is 3.06. The van der Waals surface area contributed by atoms with Crippen molar-refractivity contribution in [2.45, 2.75) is 38.7 Å². The number of aromatic nitrogens is 1. The predicted octanol–water partition coefficient (Wildman–Crippen LogP) is 2.29. The molecule has 5 nitrogen and oxygen atoms in total. The SMILES string of the molecule is CCCc1cc(C(=O)O)cc(OC2CCOCC2)n1. The molecule has 0 amide bonds. The number of carboxylic acids is 1. The second-order valence-corrected chi connectivity index (χ2v) is 4.67. The van der Waals surface area contributed by atoms with Gasteiger partial charge in [0.1, 0.15) is 6.10 Å². The summed E-state index contributed by atoms with van der Waals surface area (Å²) in [5.41, 5.74) is 1.00. The Bertz CT molecular complexity index is 441. The minimum Gasteiger partial charge on any atom is -0.478 e. The number of hydrogen-bond acceptors (Lipinski definition) is 4. The lowest BCUT2D eigenvalue weighted by Crippen LogP contribution is -2.26. The molecule has 1 N–H and O–H groups in total. The van der Waals surface area contributed by atoms with Crippen LogP contribution >= 0.6 is 0 Å². The van der Waals surface area contributed by atoms with Gasteiger partial charge in [-0.05, 0) is 12.5 Å². The van der Waals surface area contributed by atoms with Crippen LogP contribution in [0.3, 0.4) is 0 Å². The zero-order chi connectivity index (χ0) is 13.7. The summed E-state index contributed by atoms with van der Waals surface area (Å²) in [6.07, 6.45) is 3.39. The summed E-state index contributed by atoms with van der Waals surface area (Å²) in [6.45, 7) is 3.41. The van der Waals surface area contributed by atoms with E-state index in [2.05, 4.69) is 4.98 Å². The number of aromatic carboxylic acids is 1. The van der Waals surface area contributed by atoms with E-state index < -0.39 is 5.97 Å². The Hall–Kier alpha value is -1.62. The molecule has 1 aliphatic heterocycles. The van der Waals surface area contributed by atoms with Crippen LogP contribution < -0.4 is 4.74 Å². The van der Waals surface area contributed by atoms with E-state index in [-0.39, 0.29) is 11.7 Å². The van der Waals surface area contributed by atoms with Crippen molar-refractivity contribution in [3.05, 3.63) is 23.4 Å². The predicted molar refractivity (Wildman–Crippen MR) is 69.7 cm³/mol. The lowest BCUT2D eigenvalue weighted by molar-refractivity contribution is 0.0235. The van der Waals surface area contributed by atoms with Gasteiger partial charge in [0.05, 0.1) is 18.8 Å². The highest BCUT2D eigenvalue weighted by atomic mass is 16.5. The van der Waals surface area contributed by atoms with E-state index in [9.17, 15) is 4.79 Å². The van der Waals surface area contributed by atoms with Gasteiger partial charge in [-0.25, -0.2) is 9.78 Å². The van der Waals surface area contributed by atoms with Crippen molar-refractivity contribution in [2.75, 3.05) is 13.2 Å². The fourth-order valence-corrected chi connectivity index (χ4v) is 2.09. The number of carboxylic acid groups (broad SMARTS) is 1. The maximum Gasteiger partial charge on any atom is 0.335 e. The topological polar surface area (TPSA) is 68.7 Å². The lowest BCUT2D eigenvalue weighted by atomic mass is 10.1. The molecule has 0 atom stereocenters. The molecule has 104 valence electrons. The summed E-state index contributed by atoms with van der Waals surface area (Å²) in [4.78, 5) is 15.5. The third kappa shape index (κ3) is 3.92. The first-order valence-electron chi connectivity index (χ1n) is 6.67. The maximum absolute atomic E-state index is 11.1. The van der Waals surface area contributed by atoms with Crippen molar-refractivity contribution in [2.24, 2.45) is 0 Å². The quantitative estimate of drug-likeness (QED) is 0.884. The first-order chi connectivity index (χ1) is 9.19. The average Bonchev–Trinajstić information content (AvgIpc) is 2.40. The molecule has 0 radical (unpaired) electrons. The molecule has 2 heterocycles. The molecule has 2 rings (SSSR count). The molecule has 1 aromatic heterocycles. The molecular weight excluding hydrogens is 246 g/mol. The van der Waals surface area contributed by atoms with Crippen LogP contribution in [0.15, 0.2) is 12.1 Å². The van der Waals surface area contributed by atoms with Gasteiger partial charge in [-0.3, -0.25) is 0 Å². The van der Waals surface area contributed by atoms with Gasteiger partial charge in [0, 0.05) is 24.6 Å². The van der Waals surface area contributed by atoms with Gasteiger partial charge in [0.25, 0.3) is 0 Å². The Kier molecular flexibility index (Phi) is 4.74. The van der Waals surface area contributed by atoms with E-state index in [1.54, 1.807) is 6.07 Å². The van der Waals surface area contributed by atoms with Crippen LogP contribution in [-0.4, -0.2) is 35.4 Å². The monoisotopic (exact) mass is 265 g/mol. The fraction of sp³-hybridized carbons (Fsp3) is 0.571. The number of hydrogen-bond donors (Lipinski definition) is 1. The van der Waals surface area contributed by atoms with E-state index in [1.165, 1.54) is 6.07 Å². The van der Waals surface area contributed by atoms with Gasteiger partial charge in [-0.1, -0.05) is 13.3 Å². The molecule has 1 fully saturated rings.